The van der Waals surface area contributed by atoms with Crippen LogP contribution in [0.3, 0.4) is 0 Å². The van der Waals surface area contributed by atoms with E-state index in [9.17, 15) is 48.5 Å². The van der Waals surface area contributed by atoms with Crippen molar-refractivity contribution in [1.29, 1.82) is 0 Å². The molecule has 7 aromatic carbocycles. The second kappa shape index (κ2) is 20.5. The Balaban J connectivity index is 0.00000347. The number of hydrogen-bond acceptors (Lipinski definition) is 12. The van der Waals surface area contributed by atoms with Crippen LogP contribution in [0.1, 0.15) is 82.9 Å². The number of non-ortho nitro benzene ring substituents is 1. The van der Waals surface area contributed by atoms with Crippen LogP contribution < -0.4 is 26.2 Å². The fourth-order valence-electron chi connectivity index (χ4n) is 9.37. The zero-order chi connectivity index (χ0) is 48.8. The zero-order valence-corrected chi connectivity index (χ0v) is 39.5. The van der Waals surface area contributed by atoms with Crippen molar-refractivity contribution in [3.63, 3.8) is 0 Å². The second-order valence-electron chi connectivity index (χ2n) is 16.8. The van der Waals surface area contributed by atoms with Gasteiger partial charge in [-0.3, -0.25) is 58.3 Å². The molecule has 72 heavy (non-hydrogen) atoms. The van der Waals surface area contributed by atoms with Gasteiger partial charge in [-0.05, 0) is 64.7 Å². The van der Waals surface area contributed by atoms with Gasteiger partial charge in [0.2, 0.25) is 0 Å². The molecule has 0 bridgehead atoms. The Morgan fingerprint density at radius 2 is 0.819 bits per heavy atom. The fraction of sp³-hybridized carbons (Fsp3) is 0.154. The van der Waals surface area contributed by atoms with Gasteiger partial charge in [0.15, 0.2) is 0 Å². The van der Waals surface area contributed by atoms with Crippen molar-refractivity contribution in [2.24, 2.45) is 0 Å². The van der Waals surface area contributed by atoms with Crippen molar-refractivity contribution < 1.29 is 43.3 Å². The van der Waals surface area contributed by atoms with Crippen LogP contribution in [0.15, 0.2) is 121 Å². The lowest BCUT2D eigenvalue weighted by atomic mass is 9.92. The molecule has 3 aliphatic rings. The molecule has 18 nitrogen and oxygen atoms in total. The van der Waals surface area contributed by atoms with Gasteiger partial charge in [0.05, 0.1) is 16.2 Å². The smallest absolute Gasteiger partial charge is 0.270 e. The fourth-order valence-corrected chi connectivity index (χ4v) is 9.37. The average molecular weight is 1010 g/mol. The predicted molar refractivity (Wildman–Crippen MR) is 272 cm³/mol. The number of rotatable bonds is 16. The van der Waals surface area contributed by atoms with Gasteiger partial charge in [-0.2, -0.15) is 0 Å². The summed E-state index contributed by atoms with van der Waals surface area (Å²) in [5, 5.41) is 27.0. The van der Waals surface area contributed by atoms with Crippen LogP contribution in [0.5, 0.6) is 0 Å². The average Bonchev–Trinajstić information content (AvgIpc) is 3.37. The Morgan fingerprint density at radius 1 is 0.444 bits per heavy atom. The summed E-state index contributed by atoms with van der Waals surface area (Å²) in [6.07, 6.45) is 0. The summed E-state index contributed by atoms with van der Waals surface area (Å²) in [6, 6.07) is 32.0. The van der Waals surface area contributed by atoms with Crippen LogP contribution in [-0.4, -0.2) is 114 Å². The molecule has 8 amide bonds. The number of anilines is 1. The van der Waals surface area contributed by atoms with E-state index in [2.05, 4.69) is 21.3 Å². The molecule has 7 aromatic rings. The maximum atomic E-state index is 14.2. The Morgan fingerprint density at radius 3 is 1.24 bits per heavy atom. The third kappa shape index (κ3) is 8.87. The van der Waals surface area contributed by atoms with Gasteiger partial charge < -0.3 is 21.3 Å². The largest absolute Gasteiger partial charge is 0.351 e. The molecule has 364 valence electrons. The van der Waals surface area contributed by atoms with Crippen LogP contribution in [0.2, 0.25) is 0 Å². The lowest BCUT2D eigenvalue weighted by molar-refractivity contribution is -0.384. The molecule has 3 aliphatic heterocycles. The molecule has 0 saturated carbocycles. The number of carbonyl (C=O) groups is 8. The summed E-state index contributed by atoms with van der Waals surface area (Å²) < 4.78 is 0. The van der Waals surface area contributed by atoms with E-state index >= 15 is 0 Å². The summed E-state index contributed by atoms with van der Waals surface area (Å²) in [5.74, 6) is -4.62. The minimum atomic E-state index is -0.897. The second-order valence-corrected chi connectivity index (χ2v) is 16.8. The highest BCUT2D eigenvalue weighted by Gasteiger charge is 2.37. The van der Waals surface area contributed by atoms with E-state index in [4.69, 9.17) is 0 Å². The number of nitrogens with one attached hydrogen (secondary N) is 4. The lowest BCUT2D eigenvalue weighted by Crippen LogP contribution is -2.44. The van der Waals surface area contributed by atoms with Gasteiger partial charge in [0.1, 0.15) is 0 Å². The van der Waals surface area contributed by atoms with Crippen molar-refractivity contribution in [2.75, 3.05) is 57.3 Å². The quantitative estimate of drug-likeness (QED) is 0.0382. The van der Waals surface area contributed by atoms with Gasteiger partial charge in [0.25, 0.3) is 52.9 Å². The third-order valence-corrected chi connectivity index (χ3v) is 12.7. The Hall–Kier alpha value is -8.42. The maximum Gasteiger partial charge on any atom is 0.270 e. The van der Waals surface area contributed by atoms with Crippen molar-refractivity contribution in [3.8, 4) is 0 Å². The number of hydrogen-bond donors (Lipinski definition) is 4. The lowest BCUT2D eigenvalue weighted by Gasteiger charge is -2.28. The molecule has 4 N–H and O–H groups in total. The Bertz CT molecular complexity index is 3240. The van der Waals surface area contributed by atoms with Gasteiger partial charge >= 0.3 is 0 Å². The number of halogens is 2. The molecule has 10 rings (SSSR count). The van der Waals surface area contributed by atoms with E-state index in [1.807, 2.05) is 24.3 Å². The van der Waals surface area contributed by atoms with Crippen molar-refractivity contribution in [1.82, 2.24) is 31.1 Å². The van der Waals surface area contributed by atoms with Crippen LogP contribution in [0.25, 0.3) is 32.3 Å². The SMILES string of the molecule is Cl.Cl.O=C(NCCNCCN1C(=O)c2cccc3cccc(c23)C1=O)c1cc(C(=O)NCCNCCN2C(=O)c3cccc4cccc(c34)C2=O)cc(N2C(=O)c3cccc4cc([N+](=O)[O-])cc(c34)C2=O)c1. The van der Waals surface area contributed by atoms with Gasteiger partial charge in [-0.25, -0.2) is 4.90 Å². The van der Waals surface area contributed by atoms with Crippen molar-refractivity contribution in [3.05, 3.63) is 176 Å². The first-order chi connectivity index (χ1) is 33.9. The minimum absolute atomic E-state index is 0. The summed E-state index contributed by atoms with van der Waals surface area (Å²) in [7, 11) is 0. The van der Waals surface area contributed by atoms with Crippen LogP contribution in [-0.2, 0) is 0 Å². The predicted octanol–water partition coefficient (Wildman–Crippen LogP) is 5.93. The molecule has 3 heterocycles. The molecular formula is C52H42Cl2N8O10. The molecule has 0 aromatic heterocycles. The first-order valence-corrected chi connectivity index (χ1v) is 22.4. The molecule has 0 atom stereocenters. The van der Waals surface area contributed by atoms with Crippen LogP contribution in [0.4, 0.5) is 11.4 Å². The molecular weight excluding hydrogens is 968 g/mol. The topological polar surface area (TPSA) is 238 Å². The number of nitro groups is 1. The molecule has 20 heteroatoms. The van der Waals surface area contributed by atoms with Crippen LogP contribution >= 0.6 is 24.8 Å². The van der Waals surface area contributed by atoms with E-state index in [0.29, 0.717) is 38.4 Å². The third-order valence-electron chi connectivity index (χ3n) is 12.7. The summed E-state index contributed by atoms with van der Waals surface area (Å²) in [5.41, 5.74) is 1.05. The summed E-state index contributed by atoms with van der Waals surface area (Å²) >= 11 is 0. The van der Waals surface area contributed by atoms with Gasteiger partial charge in [-0.15, -0.1) is 24.8 Å². The molecule has 0 unspecified atom stereocenters. The molecule has 0 fully saturated rings. The summed E-state index contributed by atoms with van der Waals surface area (Å²) in [6.45, 7) is 1.08. The van der Waals surface area contributed by atoms with E-state index in [0.717, 1.165) is 21.7 Å². The standard InChI is InChI=1S/C52H40N8O10.2ClH/c61-45(55-18-16-53-20-22-57-47(63)36-11-1-6-29-7-2-12-37(42(29)36)48(57)64)32-24-33(27-34(26-32)59-51(67)40-15-5-10-31-25-35(60(69)70)28-41(44(31)40)52(59)68)46(62)56-19-17-54-21-23-58-49(65)38-13-3-8-30-9-4-14-39(43(30)38)50(58)66;;/h1-15,24-28,53-54H,16-23H2,(H,55,61)(H,56,62);2*1H. The highest BCUT2D eigenvalue weighted by molar-refractivity contribution is 6.36. The van der Waals surface area contributed by atoms with E-state index in [-0.39, 0.29) is 116 Å². The minimum Gasteiger partial charge on any atom is -0.351 e. The molecule has 0 saturated heterocycles. The molecule has 0 radical (unpaired) electrons. The highest BCUT2D eigenvalue weighted by atomic mass is 35.5. The van der Waals surface area contributed by atoms with Crippen molar-refractivity contribution in [2.45, 2.75) is 0 Å². The number of carbonyl (C=O) groups excluding carboxylic acids is 8. The molecule has 0 aliphatic carbocycles. The summed E-state index contributed by atoms with van der Waals surface area (Å²) in [4.78, 5) is 124. The van der Waals surface area contributed by atoms with Gasteiger partial charge in [-0.1, -0.05) is 60.7 Å². The van der Waals surface area contributed by atoms with Crippen LogP contribution in [0, 0.1) is 10.1 Å². The normalized spacial score (nSPS) is 13.6. The number of imide groups is 3. The monoisotopic (exact) mass is 1010 g/mol. The van der Waals surface area contributed by atoms with E-state index < -0.39 is 52.2 Å². The van der Waals surface area contributed by atoms with E-state index in [1.165, 1.54) is 46.2 Å². The Kier molecular flexibility index (Phi) is 14.2. The number of nitro benzene ring substituents is 1. The first kappa shape index (κ1) is 50.0. The maximum absolute atomic E-state index is 14.2. The number of benzene rings is 7. The zero-order valence-electron chi connectivity index (χ0n) is 37.9. The highest BCUT2D eigenvalue weighted by Crippen LogP contribution is 2.37. The first-order valence-electron chi connectivity index (χ1n) is 22.4. The molecule has 0 spiro atoms. The number of amides is 8. The van der Waals surface area contributed by atoms with E-state index in [1.54, 1.807) is 54.6 Å². The van der Waals surface area contributed by atoms with Crippen molar-refractivity contribution >= 4 is 116 Å². The Labute approximate surface area is 421 Å². The van der Waals surface area contributed by atoms with Gasteiger partial charge in [0, 0.05) is 120 Å². The number of nitrogens with zero attached hydrogens (tertiary/aromatic N) is 4.